The van der Waals surface area contributed by atoms with Crippen LogP contribution in [0.5, 0.6) is 0 Å². The molecule has 2 N–H and O–H groups in total. The van der Waals surface area contributed by atoms with Crippen LogP contribution in [0.1, 0.15) is 0 Å². The fourth-order valence-corrected chi connectivity index (χ4v) is 3.99. The number of para-hydroxylation sites is 1. The van der Waals surface area contributed by atoms with Gasteiger partial charge in [0.15, 0.2) is 15.4 Å². The lowest BCUT2D eigenvalue weighted by atomic mass is 10.3. The number of benzene rings is 1. The molecule has 0 bridgehead atoms. The summed E-state index contributed by atoms with van der Waals surface area (Å²) in [6, 6.07) is 13.7. The Labute approximate surface area is 141 Å². The van der Waals surface area contributed by atoms with Crippen LogP contribution in [0.25, 0.3) is 27.6 Å². The van der Waals surface area contributed by atoms with Crippen molar-refractivity contribution in [1.82, 2.24) is 19.1 Å². The van der Waals surface area contributed by atoms with Gasteiger partial charge in [-0.05, 0) is 36.5 Å². The summed E-state index contributed by atoms with van der Waals surface area (Å²) in [5.74, 6) is 1.38. The van der Waals surface area contributed by atoms with Crippen LogP contribution in [0.2, 0.25) is 0 Å². The third-order valence-corrected chi connectivity index (χ3v) is 5.08. The maximum absolute atomic E-state index is 6.39. The van der Waals surface area contributed by atoms with Crippen molar-refractivity contribution in [3.05, 3.63) is 52.6 Å². The summed E-state index contributed by atoms with van der Waals surface area (Å²) in [5, 5.41) is 0. The predicted molar refractivity (Wildman–Crippen MR) is 96.4 cm³/mol. The lowest BCUT2D eigenvalue weighted by molar-refractivity contribution is 0.943. The Bertz CT molecular complexity index is 1060. The fraction of sp³-hybridized carbons (Fsp3) is 0.0625. The molecule has 4 rings (SSSR count). The summed E-state index contributed by atoms with van der Waals surface area (Å²) in [6.07, 6.45) is 1.76. The van der Waals surface area contributed by atoms with Gasteiger partial charge in [-0.15, -0.1) is 0 Å². The number of pyridine rings is 1. The number of fused-ring (bicyclic) bond motifs is 1. The van der Waals surface area contributed by atoms with Gasteiger partial charge in [-0.2, -0.15) is 0 Å². The zero-order chi connectivity index (χ0) is 16.0. The topological polar surface area (TPSA) is 61.7 Å². The minimum atomic E-state index is 0.601. The summed E-state index contributed by atoms with van der Waals surface area (Å²) >= 11 is 6.98. The molecule has 0 radical (unpaired) electrons. The highest BCUT2D eigenvalue weighted by atomic mass is 32.1. The van der Waals surface area contributed by atoms with E-state index in [0.29, 0.717) is 9.77 Å². The summed E-state index contributed by atoms with van der Waals surface area (Å²) in [5.41, 5.74) is 9.01. The van der Waals surface area contributed by atoms with Gasteiger partial charge in [-0.1, -0.05) is 29.5 Å². The van der Waals surface area contributed by atoms with E-state index in [4.69, 9.17) is 18.0 Å². The van der Waals surface area contributed by atoms with E-state index >= 15 is 0 Å². The largest absolute Gasteiger partial charge is 0.383 e. The molecule has 114 valence electrons. The molecule has 0 aliphatic carbocycles. The first-order chi connectivity index (χ1) is 11.2. The number of hydrogen-bond acceptors (Lipinski definition) is 5. The summed E-state index contributed by atoms with van der Waals surface area (Å²) in [6.45, 7) is 0. The second kappa shape index (κ2) is 5.29. The Kier molecular flexibility index (Phi) is 3.24. The molecular formula is C16H13N5S2. The van der Waals surface area contributed by atoms with Crippen molar-refractivity contribution in [2.24, 2.45) is 7.05 Å². The van der Waals surface area contributed by atoms with Crippen molar-refractivity contribution < 1.29 is 0 Å². The molecule has 1 aromatic carbocycles. The predicted octanol–water partition coefficient (Wildman–Crippen LogP) is 3.80. The van der Waals surface area contributed by atoms with Crippen molar-refractivity contribution in [1.29, 1.82) is 0 Å². The van der Waals surface area contributed by atoms with Gasteiger partial charge in [0.05, 0.1) is 0 Å². The Morgan fingerprint density at radius 3 is 2.65 bits per heavy atom. The molecule has 4 aromatic rings. The fourth-order valence-electron chi connectivity index (χ4n) is 2.59. The minimum absolute atomic E-state index is 0.601. The van der Waals surface area contributed by atoms with Crippen LogP contribution >= 0.6 is 23.6 Å². The molecule has 5 nitrogen and oxygen atoms in total. The van der Waals surface area contributed by atoms with Crippen LogP contribution in [0.4, 0.5) is 5.82 Å². The third kappa shape index (κ3) is 2.16. The smallest absolute Gasteiger partial charge is 0.168 e. The van der Waals surface area contributed by atoms with Crippen LogP contribution in [0.15, 0.2) is 48.7 Å². The number of nitrogen functional groups attached to an aromatic ring is 1. The van der Waals surface area contributed by atoms with Crippen LogP contribution < -0.4 is 5.73 Å². The van der Waals surface area contributed by atoms with E-state index in [1.165, 1.54) is 11.3 Å². The number of anilines is 1. The van der Waals surface area contributed by atoms with Gasteiger partial charge < -0.3 is 10.3 Å². The SMILES string of the molecule is Cn1c(-c2sc(=S)n(-c3ccccc3)c2N)nc2cccnc21. The zero-order valence-electron chi connectivity index (χ0n) is 12.3. The molecule has 0 atom stereocenters. The number of thiazole rings is 1. The van der Waals surface area contributed by atoms with Gasteiger partial charge in [0, 0.05) is 18.9 Å². The van der Waals surface area contributed by atoms with Crippen molar-refractivity contribution in [2.75, 3.05) is 5.73 Å². The molecule has 0 unspecified atom stereocenters. The monoisotopic (exact) mass is 339 g/mol. The number of imidazole rings is 1. The van der Waals surface area contributed by atoms with Crippen LogP contribution in [0.3, 0.4) is 0 Å². The highest BCUT2D eigenvalue weighted by Gasteiger charge is 2.18. The second-order valence-electron chi connectivity index (χ2n) is 5.09. The molecule has 0 aliphatic heterocycles. The van der Waals surface area contributed by atoms with Gasteiger partial charge >= 0.3 is 0 Å². The number of nitrogens with two attached hydrogens (primary N) is 1. The number of nitrogens with zero attached hydrogens (tertiary/aromatic N) is 4. The molecular weight excluding hydrogens is 326 g/mol. The number of rotatable bonds is 2. The first-order valence-corrected chi connectivity index (χ1v) is 8.24. The average molecular weight is 339 g/mol. The molecule has 3 aromatic heterocycles. The van der Waals surface area contributed by atoms with E-state index in [2.05, 4.69) is 9.97 Å². The Balaban J connectivity index is 1.97. The van der Waals surface area contributed by atoms with Crippen molar-refractivity contribution in [3.8, 4) is 16.4 Å². The standard InChI is InChI=1S/C16H13N5S2/c1-20-14-11(8-5-9-18-14)19-15(20)12-13(17)21(16(22)23-12)10-6-3-2-4-7-10/h2-9H,17H2,1H3. The highest BCUT2D eigenvalue weighted by Crippen LogP contribution is 2.35. The zero-order valence-corrected chi connectivity index (χ0v) is 13.9. The highest BCUT2D eigenvalue weighted by molar-refractivity contribution is 7.73. The molecule has 0 amide bonds. The Morgan fingerprint density at radius 2 is 1.91 bits per heavy atom. The van der Waals surface area contributed by atoms with Gasteiger partial charge in [0.25, 0.3) is 0 Å². The Morgan fingerprint density at radius 1 is 1.13 bits per heavy atom. The normalized spacial score (nSPS) is 11.2. The molecule has 0 fully saturated rings. The summed E-state index contributed by atoms with van der Waals surface area (Å²) < 4.78 is 4.52. The molecule has 0 saturated carbocycles. The van der Waals surface area contributed by atoms with E-state index in [-0.39, 0.29) is 0 Å². The minimum Gasteiger partial charge on any atom is -0.383 e. The molecule has 0 saturated heterocycles. The van der Waals surface area contributed by atoms with Crippen molar-refractivity contribution in [2.45, 2.75) is 0 Å². The van der Waals surface area contributed by atoms with Crippen molar-refractivity contribution >= 4 is 40.5 Å². The van der Waals surface area contributed by atoms with E-state index in [9.17, 15) is 0 Å². The third-order valence-electron chi connectivity index (χ3n) is 3.69. The Hall–Kier alpha value is -2.51. The maximum atomic E-state index is 6.39. The van der Waals surface area contributed by atoms with E-state index in [1.807, 2.05) is 58.6 Å². The average Bonchev–Trinajstić information content (AvgIpc) is 3.05. The molecule has 0 spiro atoms. The van der Waals surface area contributed by atoms with E-state index < -0.39 is 0 Å². The second-order valence-corrected chi connectivity index (χ2v) is 6.74. The lowest BCUT2D eigenvalue weighted by Crippen LogP contribution is -2.02. The summed E-state index contributed by atoms with van der Waals surface area (Å²) in [7, 11) is 1.94. The van der Waals surface area contributed by atoms with E-state index in [0.717, 1.165) is 27.6 Å². The van der Waals surface area contributed by atoms with Crippen LogP contribution in [-0.2, 0) is 7.05 Å². The van der Waals surface area contributed by atoms with Crippen LogP contribution in [-0.4, -0.2) is 19.1 Å². The molecule has 0 aliphatic rings. The summed E-state index contributed by atoms with van der Waals surface area (Å²) in [4.78, 5) is 9.90. The van der Waals surface area contributed by atoms with Gasteiger partial charge in [-0.3, -0.25) is 4.57 Å². The van der Waals surface area contributed by atoms with Gasteiger partial charge in [0.1, 0.15) is 16.2 Å². The lowest BCUT2D eigenvalue weighted by Gasteiger charge is -2.06. The van der Waals surface area contributed by atoms with E-state index in [1.54, 1.807) is 6.20 Å². The first kappa shape index (κ1) is 14.1. The number of hydrogen-bond donors (Lipinski definition) is 1. The van der Waals surface area contributed by atoms with Gasteiger partial charge in [-0.25, -0.2) is 9.97 Å². The van der Waals surface area contributed by atoms with Crippen molar-refractivity contribution in [3.63, 3.8) is 0 Å². The molecule has 23 heavy (non-hydrogen) atoms. The van der Waals surface area contributed by atoms with Crippen LogP contribution in [0, 0.1) is 3.95 Å². The number of aryl methyl sites for hydroxylation is 1. The maximum Gasteiger partial charge on any atom is 0.168 e. The number of aromatic nitrogens is 4. The molecule has 7 heteroatoms. The quantitative estimate of drug-likeness (QED) is 0.564. The van der Waals surface area contributed by atoms with Gasteiger partial charge in [0.2, 0.25) is 0 Å². The first-order valence-electron chi connectivity index (χ1n) is 7.01. The molecule has 3 heterocycles.